The highest BCUT2D eigenvalue weighted by molar-refractivity contribution is 5.95. The van der Waals surface area contributed by atoms with Crippen LogP contribution in [0.25, 0.3) is 0 Å². The Balaban J connectivity index is 2.27. The van der Waals surface area contributed by atoms with Gasteiger partial charge in [0.1, 0.15) is 5.82 Å². The number of carbonyl (C=O) groups excluding carboxylic acids is 1. The van der Waals surface area contributed by atoms with Crippen LogP contribution in [0.2, 0.25) is 0 Å². The Hall–Kier alpha value is -1.63. The largest absolute Gasteiger partial charge is 0.419 e. The highest BCUT2D eigenvalue weighted by Crippen LogP contribution is 2.34. The van der Waals surface area contributed by atoms with Crippen molar-refractivity contribution in [2.24, 2.45) is 0 Å². The van der Waals surface area contributed by atoms with Gasteiger partial charge in [-0.25, -0.2) is 4.39 Å². The number of hydrogen-bond donors (Lipinski definition) is 2. The molecule has 0 aliphatic heterocycles. The molecular weight excluding hydrogens is 278 g/mol. The Bertz CT molecular complexity index is 518. The maximum absolute atomic E-state index is 13.8. The third kappa shape index (κ3) is 2.63. The average molecular weight is 291 g/mol. The molecule has 0 unspecified atom stereocenters. The highest BCUT2D eigenvalue weighted by atomic mass is 19.4. The van der Waals surface area contributed by atoms with Crippen LogP contribution in [-0.2, 0) is 6.18 Å². The number of carbonyl (C=O) groups is 1. The van der Waals surface area contributed by atoms with Crippen LogP contribution in [0.3, 0.4) is 0 Å². The predicted molar refractivity (Wildman–Crippen MR) is 62.5 cm³/mol. The van der Waals surface area contributed by atoms with Crippen molar-refractivity contribution in [2.75, 3.05) is 6.61 Å². The summed E-state index contributed by atoms with van der Waals surface area (Å²) in [5.41, 5.74) is -2.98. The van der Waals surface area contributed by atoms with E-state index in [1.54, 1.807) is 0 Å². The fourth-order valence-electron chi connectivity index (χ4n) is 2.16. The number of nitrogens with one attached hydrogen (secondary N) is 1. The molecule has 0 heterocycles. The summed E-state index contributed by atoms with van der Waals surface area (Å²) in [6, 6.07) is 2.55. The van der Waals surface area contributed by atoms with E-state index >= 15 is 0 Å². The first-order chi connectivity index (χ1) is 9.29. The normalized spacial score (nSPS) is 17.4. The predicted octanol–water partition coefficient (Wildman–Crippen LogP) is 2.49. The van der Waals surface area contributed by atoms with Gasteiger partial charge in [-0.15, -0.1) is 0 Å². The molecule has 1 aromatic carbocycles. The van der Waals surface area contributed by atoms with Gasteiger partial charge in [0.05, 0.1) is 23.3 Å². The van der Waals surface area contributed by atoms with Crippen LogP contribution in [0.4, 0.5) is 17.6 Å². The molecule has 1 aliphatic rings. The van der Waals surface area contributed by atoms with E-state index in [1.807, 2.05) is 0 Å². The van der Waals surface area contributed by atoms with Crippen LogP contribution in [0.1, 0.15) is 35.2 Å². The van der Waals surface area contributed by atoms with Gasteiger partial charge in [-0.3, -0.25) is 4.79 Å². The van der Waals surface area contributed by atoms with E-state index in [2.05, 4.69) is 5.32 Å². The van der Waals surface area contributed by atoms with Crippen molar-refractivity contribution >= 4 is 5.91 Å². The minimum atomic E-state index is -4.86. The van der Waals surface area contributed by atoms with Crippen molar-refractivity contribution in [3.05, 3.63) is 35.1 Å². The second kappa shape index (κ2) is 5.05. The Morgan fingerprint density at radius 3 is 2.45 bits per heavy atom. The lowest BCUT2D eigenvalue weighted by molar-refractivity contribution is -0.140. The molecule has 20 heavy (non-hydrogen) atoms. The first-order valence-corrected chi connectivity index (χ1v) is 6.08. The van der Waals surface area contributed by atoms with E-state index in [4.69, 9.17) is 0 Å². The summed E-state index contributed by atoms with van der Waals surface area (Å²) in [5.74, 6) is -2.53. The van der Waals surface area contributed by atoms with E-state index < -0.39 is 34.6 Å². The lowest BCUT2D eigenvalue weighted by Gasteiger charge is -2.41. The summed E-state index contributed by atoms with van der Waals surface area (Å²) in [5, 5.41) is 11.6. The molecule has 0 atom stereocenters. The van der Waals surface area contributed by atoms with Crippen molar-refractivity contribution in [2.45, 2.75) is 31.0 Å². The molecule has 0 aromatic heterocycles. The van der Waals surface area contributed by atoms with Gasteiger partial charge in [0.15, 0.2) is 0 Å². The third-order valence-electron chi connectivity index (χ3n) is 3.54. The highest BCUT2D eigenvalue weighted by Gasteiger charge is 2.40. The molecule has 2 rings (SSSR count). The molecule has 1 fully saturated rings. The summed E-state index contributed by atoms with van der Waals surface area (Å²) in [7, 11) is 0. The number of alkyl halides is 3. The number of aliphatic hydroxyl groups excluding tert-OH is 1. The molecule has 0 radical (unpaired) electrons. The van der Waals surface area contributed by atoms with Gasteiger partial charge in [-0.2, -0.15) is 13.2 Å². The maximum atomic E-state index is 13.8. The topological polar surface area (TPSA) is 49.3 Å². The molecule has 1 saturated carbocycles. The first kappa shape index (κ1) is 14.8. The first-order valence-electron chi connectivity index (χ1n) is 6.08. The molecule has 2 N–H and O–H groups in total. The maximum Gasteiger partial charge on any atom is 0.419 e. The second-order valence-electron chi connectivity index (χ2n) is 4.91. The second-order valence-corrected chi connectivity index (χ2v) is 4.91. The third-order valence-corrected chi connectivity index (χ3v) is 3.54. The zero-order valence-corrected chi connectivity index (χ0v) is 10.4. The zero-order chi connectivity index (χ0) is 15.0. The van der Waals surface area contributed by atoms with Crippen molar-refractivity contribution in [3.8, 4) is 0 Å². The van der Waals surface area contributed by atoms with Crippen LogP contribution < -0.4 is 5.32 Å². The fraction of sp³-hybridized carbons (Fsp3) is 0.462. The summed E-state index contributed by atoms with van der Waals surface area (Å²) < 4.78 is 51.5. The molecule has 1 aliphatic carbocycles. The van der Waals surface area contributed by atoms with Crippen LogP contribution in [0, 0.1) is 5.82 Å². The quantitative estimate of drug-likeness (QED) is 0.841. The van der Waals surface area contributed by atoms with Gasteiger partial charge < -0.3 is 10.4 Å². The number of amides is 1. The molecule has 3 nitrogen and oxygen atoms in total. The SMILES string of the molecule is O=C(NC1(CO)CCC1)c1cccc(C(F)(F)F)c1F. The number of aliphatic hydroxyl groups is 1. The number of hydrogen-bond acceptors (Lipinski definition) is 2. The fourth-order valence-corrected chi connectivity index (χ4v) is 2.16. The molecule has 110 valence electrons. The van der Waals surface area contributed by atoms with Gasteiger partial charge in [0, 0.05) is 0 Å². The van der Waals surface area contributed by atoms with Crippen molar-refractivity contribution in [1.82, 2.24) is 5.32 Å². The summed E-state index contributed by atoms with van der Waals surface area (Å²) >= 11 is 0. The van der Waals surface area contributed by atoms with E-state index in [0.717, 1.165) is 18.6 Å². The Morgan fingerprint density at radius 2 is 2.00 bits per heavy atom. The molecule has 0 saturated heterocycles. The summed E-state index contributed by atoms with van der Waals surface area (Å²) in [4.78, 5) is 11.9. The van der Waals surface area contributed by atoms with E-state index in [9.17, 15) is 27.5 Å². The van der Waals surface area contributed by atoms with E-state index in [1.165, 1.54) is 0 Å². The van der Waals surface area contributed by atoms with Crippen molar-refractivity contribution in [3.63, 3.8) is 0 Å². The molecule has 0 bridgehead atoms. The molecule has 0 spiro atoms. The van der Waals surface area contributed by atoms with Gasteiger partial charge in [0.2, 0.25) is 0 Å². The zero-order valence-electron chi connectivity index (χ0n) is 10.4. The van der Waals surface area contributed by atoms with E-state index in [0.29, 0.717) is 18.9 Å². The Labute approximate surface area is 112 Å². The van der Waals surface area contributed by atoms with E-state index in [-0.39, 0.29) is 6.61 Å². The summed E-state index contributed by atoms with van der Waals surface area (Å²) in [6.07, 6.45) is -3.01. The number of rotatable bonds is 3. The lowest BCUT2D eigenvalue weighted by atomic mass is 9.77. The minimum absolute atomic E-state index is 0.320. The Morgan fingerprint density at radius 1 is 1.35 bits per heavy atom. The monoisotopic (exact) mass is 291 g/mol. The van der Waals surface area contributed by atoms with Gasteiger partial charge >= 0.3 is 6.18 Å². The van der Waals surface area contributed by atoms with Gasteiger partial charge in [-0.05, 0) is 31.4 Å². The summed E-state index contributed by atoms with van der Waals surface area (Å²) in [6.45, 7) is -0.320. The number of halogens is 4. The van der Waals surface area contributed by atoms with Crippen LogP contribution in [-0.4, -0.2) is 23.2 Å². The van der Waals surface area contributed by atoms with Gasteiger partial charge in [-0.1, -0.05) is 6.07 Å². The number of benzene rings is 1. The van der Waals surface area contributed by atoms with Crippen LogP contribution in [0.15, 0.2) is 18.2 Å². The van der Waals surface area contributed by atoms with Gasteiger partial charge in [0.25, 0.3) is 5.91 Å². The standard InChI is InChI=1S/C13H13F4NO2/c14-10-8(3-1-4-9(10)13(15,16)17)11(20)18-12(7-19)5-2-6-12/h1,3-4,19H,2,5-7H2,(H,18,20). The lowest BCUT2D eigenvalue weighted by Crippen LogP contribution is -2.56. The smallest absolute Gasteiger partial charge is 0.394 e. The van der Waals surface area contributed by atoms with Crippen molar-refractivity contribution < 1.29 is 27.5 Å². The molecule has 1 amide bonds. The van der Waals surface area contributed by atoms with Crippen LogP contribution in [0.5, 0.6) is 0 Å². The molecular formula is C13H13F4NO2. The minimum Gasteiger partial charge on any atom is -0.394 e. The van der Waals surface area contributed by atoms with Crippen molar-refractivity contribution in [1.29, 1.82) is 0 Å². The average Bonchev–Trinajstić information content (AvgIpc) is 2.32. The molecule has 7 heteroatoms. The van der Waals surface area contributed by atoms with Crippen LogP contribution >= 0.6 is 0 Å². The molecule has 1 aromatic rings. The Kier molecular flexibility index (Phi) is 3.73.